The van der Waals surface area contributed by atoms with Crippen LogP contribution in [0.1, 0.15) is 11.3 Å². The molecular weight excluding hydrogens is 172 g/mol. The van der Waals surface area contributed by atoms with Gasteiger partial charge in [-0.3, -0.25) is 4.90 Å². The Balaban J connectivity index is 1.92. The largest absolute Gasteiger partial charge is 0.390 e. The van der Waals surface area contributed by atoms with Gasteiger partial charge in [-0.05, 0) is 24.0 Å². The van der Waals surface area contributed by atoms with Crippen LogP contribution in [0.15, 0.2) is 5.38 Å². The van der Waals surface area contributed by atoms with Crippen LogP contribution in [0.3, 0.4) is 0 Å². The predicted octanol–water partition coefficient (Wildman–Crippen LogP) is 0.628. The van der Waals surface area contributed by atoms with Crippen molar-refractivity contribution in [2.24, 2.45) is 0 Å². The molecule has 1 aromatic rings. The lowest BCUT2D eigenvalue weighted by atomic mass is 10.1. The normalized spacial score (nSPS) is 19.5. The summed E-state index contributed by atoms with van der Waals surface area (Å²) in [6.45, 7) is 4.58. The van der Waals surface area contributed by atoms with Gasteiger partial charge in [0.15, 0.2) is 0 Å². The summed E-state index contributed by atoms with van der Waals surface area (Å²) in [4.78, 5) is 2.20. The van der Waals surface area contributed by atoms with E-state index in [2.05, 4.69) is 21.6 Å². The number of β-amino-alcohol motifs (C(OH)–C–C–N with tert-alkyl or cyclic N) is 1. The molecule has 12 heavy (non-hydrogen) atoms. The quantitative estimate of drug-likeness (QED) is 0.732. The summed E-state index contributed by atoms with van der Waals surface area (Å²) in [6.07, 6.45) is -0.107. The lowest BCUT2D eigenvalue weighted by Gasteiger charge is -2.35. The average Bonchev–Trinajstić information content (AvgIpc) is 2.33. The maximum Gasteiger partial charge on any atom is 0.0794 e. The van der Waals surface area contributed by atoms with Gasteiger partial charge in [0.05, 0.1) is 11.8 Å². The van der Waals surface area contributed by atoms with E-state index in [1.54, 1.807) is 0 Å². The van der Waals surface area contributed by atoms with Crippen LogP contribution in [0.2, 0.25) is 0 Å². The minimum atomic E-state index is -0.107. The molecule has 2 heterocycles. The Kier molecular flexibility index (Phi) is 2.12. The fourth-order valence-electron chi connectivity index (χ4n) is 1.35. The standard InChI is InChI=1S/C8H12N2OS/c1-6-5-12-9-8(6)4-10-2-7(11)3-10/h5,7,11H,2-4H2,1H3. The molecule has 3 nitrogen and oxygen atoms in total. The van der Waals surface area contributed by atoms with Gasteiger partial charge in [0.25, 0.3) is 0 Å². The fourth-order valence-corrected chi connectivity index (χ4v) is 2.02. The zero-order valence-corrected chi connectivity index (χ0v) is 7.84. The van der Waals surface area contributed by atoms with Crippen molar-refractivity contribution in [1.29, 1.82) is 0 Å². The van der Waals surface area contributed by atoms with Crippen LogP contribution in [0.5, 0.6) is 0 Å². The van der Waals surface area contributed by atoms with E-state index >= 15 is 0 Å². The second kappa shape index (κ2) is 3.12. The topological polar surface area (TPSA) is 36.4 Å². The molecule has 2 rings (SSSR count). The zero-order valence-electron chi connectivity index (χ0n) is 7.03. The highest BCUT2D eigenvalue weighted by Gasteiger charge is 2.24. The van der Waals surface area contributed by atoms with E-state index in [0.717, 1.165) is 25.3 Å². The van der Waals surface area contributed by atoms with Gasteiger partial charge >= 0.3 is 0 Å². The van der Waals surface area contributed by atoms with Crippen LogP contribution >= 0.6 is 11.5 Å². The number of hydrogen-bond donors (Lipinski definition) is 1. The highest BCUT2D eigenvalue weighted by atomic mass is 32.1. The number of likely N-dealkylation sites (tertiary alicyclic amines) is 1. The lowest BCUT2D eigenvalue weighted by Crippen LogP contribution is -2.49. The number of nitrogens with zero attached hydrogens (tertiary/aromatic N) is 2. The Morgan fingerprint density at radius 1 is 1.75 bits per heavy atom. The van der Waals surface area contributed by atoms with Crippen molar-refractivity contribution in [3.8, 4) is 0 Å². The fraction of sp³-hybridized carbons (Fsp3) is 0.625. The Labute approximate surface area is 75.8 Å². The average molecular weight is 184 g/mol. The van der Waals surface area contributed by atoms with Gasteiger partial charge in [-0.15, -0.1) is 0 Å². The molecule has 0 amide bonds. The van der Waals surface area contributed by atoms with Crippen LogP contribution < -0.4 is 0 Å². The first-order valence-corrected chi connectivity index (χ1v) is 4.89. The van der Waals surface area contributed by atoms with Crippen molar-refractivity contribution in [3.05, 3.63) is 16.6 Å². The maximum atomic E-state index is 9.06. The van der Waals surface area contributed by atoms with E-state index in [1.165, 1.54) is 17.1 Å². The molecule has 0 unspecified atom stereocenters. The van der Waals surface area contributed by atoms with Crippen molar-refractivity contribution >= 4 is 11.5 Å². The monoisotopic (exact) mass is 184 g/mol. The van der Waals surface area contributed by atoms with E-state index < -0.39 is 0 Å². The third kappa shape index (κ3) is 1.50. The first kappa shape index (κ1) is 8.16. The SMILES string of the molecule is Cc1csnc1CN1CC(O)C1. The summed E-state index contributed by atoms with van der Waals surface area (Å²) >= 11 is 1.50. The van der Waals surface area contributed by atoms with Crippen LogP contribution in [-0.2, 0) is 6.54 Å². The van der Waals surface area contributed by atoms with E-state index in [0.29, 0.717) is 0 Å². The summed E-state index contributed by atoms with van der Waals surface area (Å²) in [5.74, 6) is 0. The van der Waals surface area contributed by atoms with E-state index in [1.807, 2.05) is 0 Å². The van der Waals surface area contributed by atoms with Gasteiger partial charge in [0, 0.05) is 25.0 Å². The first-order valence-electron chi connectivity index (χ1n) is 4.06. The number of rotatable bonds is 2. The maximum absolute atomic E-state index is 9.06. The molecule has 0 spiro atoms. The highest BCUT2D eigenvalue weighted by Crippen LogP contribution is 2.15. The highest BCUT2D eigenvalue weighted by molar-refractivity contribution is 7.03. The van der Waals surface area contributed by atoms with Crippen molar-refractivity contribution < 1.29 is 5.11 Å². The molecule has 66 valence electrons. The third-order valence-electron chi connectivity index (χ3n) is 2.16. The van der Waals surface area contributed by atoms with Gasteiger partial charge in [0.1, 0.15) is 0 Å². The number of aliphatic hydroxyl groups is 1. The van der Waals surface area contributed by atoms with E-state index in [4.69, 9.17) is 5.11 Å². The number of aryl methyl sites for hydroxylation is 1. The second-order valence-corrected chi connectivity index (χ2v) is 3.92. The minimum absolute atomic E-state index is 0.107. The Morgan fingerprint density at radius 3 is 3.00 bits per heavy atom. The molecule has 1 saturated heterocycles. The summed E-state index contributed by atoms with van der Waals surface area (Å²) in [5.41, 5.74) is 2.42. The van der Waals surface area contributed by atoms with Crippen LogP contribution in [0.4, 0.5) is 0 Å². The molecule has 0 aromatic carbocycles. The third-order valence-corrected chi connectivity index (χ3v) is 2.94. The molecule has 1 N–H and O–H groups in total. The summed E-state index contributed by atoms with van der Waals surface area (Å²) in [5, 5.41) is 11.1. The Morgan fingerprint density at radius 2 is 2.50 bits per heavy atom. The molecule has 0 atom stereocenters. The molecule has 1 aliphatic heterocycles. The van der Waals surface area contributed by atoms with Crippen molar-refractivity contribution in [1.82, 2.24) is 9.27 Å². The van der Waals surface area contributed by atoms with Gasteiger partial charge in [0.2, 0.25) is 0 Å². The number of aromatic nitrogens is 1. The van der Waals surface area contributed by atoms with Crippen LogP contribution in [0, 0.1) is 6.92 Å². The second-order valence-electron chi connectivity index (χ2n) is 3.29. The van der Waals surface area contributed by atoms with Crippen molar-refractivity contribution in [3.63, 3.8) is 0 Å². The van der Waals surface area contributed by atoms with Gasteiger partial charge in [-0.1, -0.05) is 0 Å². The van der Waals surface area contributed by atoms with E-state index in [9.17, 15) is 0 Å². The smallest absolute Gasteiger partial charge is 0.0794 e. The molecule has 0 radical (unpaired) electrons. The minimum Gasteiger partial charge on any atom is -0.390 e. The Hall–Kier alpha value is -0.450. The number of aliphatic hydroxyl groups excluding tert-OH is 1. The molecule has 0 saturated carbocycles. The predicted molar refractivity (Wildman–Crippen MR) is 48.1 cm³/mol. The zero-order chi connectivity index (χ0) is 8.55. The lowest BCUT2D eigenvalue weighted by molar-refractivity contribution is -0.00349. The molecule has 0 bridgehead atoms. The summed E-state index contributed by atoms with van der Waals surface area (Å²) in [7, 11) is 0. The molecule has 0 aliphatic carbocycles. The molecule has 4 heteroatoms. The summed E-state index contributed by atoms with van der Waals surface area (Å²) < 4.78 is 4.28. The van der Waals surface area contributed by atoms with Gasteiger partial charge in [-0.2, -0.15) is 4.37 Å². The Bertz CT molecular complexity index is 268. The first-order chi connectivity index (χ1) is 5.75. The van der Waals surface area contributed by atoms with Gasteiger partial charge < -0.3 is 5.11 Å². The molecule has 1 aromatic heterocycles. The molecular formula is C8H12N2OS. The molecule has 1 aliphatic rings. The van der Waals surface area contributed by atoms with Crippen LogP contribution in [0.25, 0.3) is 0 Å². The molecule has 1 fully saturated rings. The van der Waals surface area contributed by atoms with Crippen LogP contribution in [-0.4, -0.2) is 33.6 Å². The van der Waals surface area contributed by atoms with Crippen molar-refractivity contribution in [2.45, 2.75) is 19.6 Å². The van der Waals surface area contributed by atoms with Crippen molar-refractivity contribution in [2.75, 3.05) is 13.1 Å². The summed E-state index contributed by atoms with van der Waals surface area (Å²) in [6, 6.07) is 0. The van der Waals surface area contributed by atoms with E-state index in [-0.39, 0.29) is 6.10 Å². The number of hydrogen-bond acceptors (Lipinski definition) is 4. The van der Waals surface area contributed by atoms with Gasteiger partial charge in [-0.25, -0.2) is 0 Å².